The third kappa shape index (κ3) is 1.29. The summed E-state index contributed by atoms with van der Waals surface area (Å²) in [6.45, 7) is 0. The fourth-order valence-corrected chi connectivity index (χ4v) is 3.12. The molecule has 0 spiro atoms. The van der Waals surface area contributed by atoms with Gasteiger partial charge in [-0.25, -0.2) is 0 Å². The molecule has 1 aromatic rings. The van der Waals surface area contributed by atoms with Crippen molar-refractivity contribution in [1.82, 2.24) is 0 Å². The van der Waals surface area contributed by atoms with Gasteiger partial charge in [0.05, 0.1) is 11.5 Å². The number of anilines is 1. The highest BCUT2D eigenvalue weighted by atomic mass is 32.3. The van der Waals surface area contributed by atoms with Crippen LogP contribution in [0.5, 0.6) is 0 Å². The van der Waals surface area contributed by atoms with E-state index in [1.807, 2.05) is 12.1 Å². The lowest BCUT2D eigenvalue weighted by Crippen LogP contribution is -1.93. The molecule has 0 radical (unpaired) electrons. The van der Waals surface area contributed by atoms with Crippen molar-refractivity contribution < 1.29 is 9.11 Å². The first-order valence-corrected chi connectivity index (χ1v) is 5.56. The maximum absolute atomic E-state index is 9.40. The Hall–Kier alpha value is -0.710. The van der Waals surface area contributed by atoms with Crippen LogP contribution in [0.25, 0.3) is 0 Å². The van der Waals surface area contributed by atoms with Crippen LogP contribution in [-0.2, 0) is 11.5 Å². The molecule has 0 amide bonds. The number of rotatable bonds is 0. The van der Waals surface area contributed by atoms with Gasteiger partial charge in [-0.2, -0.15) is 10.6 Å². The van der Waals surface area contributed by atoms with Gasteiger partial charge < -0.3 is 5.73 Å². The molecule has 1 aromatic carbocycles. The molecule has 3 nitrogen and oxygen atoms in total. The van der Waals surface area contributed by atoms with E-state index in [1.54, 1.807) is 6.07 Å². The fraction of sp³-hybridized carbons (Fsp3) is 0.250. The molecular formula is C8H11NO2S. The lowest BCUT2D eigenvalue weighted by molar-refractivity contribution is 0.489. The largest absolute Gasteiger partial charge is 0.399 e. The van der Waals surface area contributed by atoms with Gasteiger partial charge in [-0.05, 0) is 23.3 Å². The van der Waals surface area contributed by atoms with Crippen LogP contribution in [0.1, 0.15) is 11.1 Å². The van der Waals surface area contributed by atoms with Crippen LogP contribution in [-0.4, -0.2) is 9.11 Å². The summed E-state index contributed by atoms with van der Waals surface area (Å²) in [4.78, 5) is 0. The first-order chi connectivity index (χ1) is 5.57. The Labute approximate surface area is 72.6 Å². The third-order valence-electron chi connectivity index (χ3n) is 2.00. The SMILES string of the molecule is Nc1ccc2c(c1)CS(O)(O)C2. The Morgan fingerprint density at radius 2 is 1.83 bits per heavy atom. The second kappa shape index (κ2) is 2.39. The van der Waals surface area contributed by atoms with Crippen molar-refractivity contribution >= 4 is 16.3 Å². The smallest absolute Gasteiger partial charge is 0.0632 e. The summed E-state index contributed by atoms with van der Waals surface area (Å²) in [7, 11) is -2.38. The molecule has 0 atom stereocenters. The standard InChI is InChI=1S/C8H11NO2S/c9-8-2-1-6-4-12(10,11)5-7(6)3-8/h1-3,10-11H,4-5,9H2. The number of nitrogen functional groups attached to an aromatic ring is 1. The minimum Gasteiger partial charge on any atom is -0.399 e. The molecule has 0 aliphatic carbocycles. The highest BCUT2D eigenvalue weighted by Gasteiger charge is 2.24. The molecule has 0 fully saturated rings. The van der Waals surface area contributed by atoms with Crippen molar-refractivity contribution in [3.05, 3.63) is 29.3 Å². The van der Waals surface area contributed by atoms with E-state index >= 15 is 0 Å². The first-order valence-electron chi connectivity index (χ1n) is 3.68. The Morgan fingerprint density at radius 3 is 2.58 bits per heavy atom. The van der Waals surface area contributed by atoms with Crippen LogP contribution in [0.4, 0.5) is 5.69 Å². The average molecular weight is 185 g/mol. The summed E-state index contributed by atoms with van der Waals surface area (Å²) in [5.74, 6) is 0.760. The summed E-state index contributed by atoms with van der Waals surface area (Å²) in [5.41, 5.74) is 8.25. The predicted molar refractivity (Wildman–Crippen MR) is 51.1 cm³/mol. The van der Waals surface area contributed by atoms with Crippen molar-refractivity contribution in [2.45, 2.75) is 11.5 Å². The summed E-state index contributed by atoms with van der Waals surface area (Å²) in [5, 5.41) is 0. The molecule has 0 saturated heterocycles. The quantitative estimate of drug-likeness (QED) is 0.542. The molecule has 12 heavy (non-hydrogen) atoms. The van der Waals surface area contributed by atoms with E-state index in [2.05, 4.69) is 0 Å². The van der Waals surface area contributed by atoms with Crippen molar-refractivity contribution in [3.63, 3.8) is 0 Å². The van der Waals surface area contributed by atoms with Crippen molar-refractivity contribution in [2.75, 3.05) is 5.73 Å². The summed E-state index contributed by atoms with van der Waals surface area (Å²) in [6, 6.07) is 5.47. The van der Waals surface area contributed by atoms with Gasteiger partial charge in [0.1, 0.15) is 0 Å². The van der Waals surface area contributed by atoms with Gasteiger partial charge in [0.25, 0.3) is 0 Å². The van der Waals surface area contributed by atoms with E-state index in [1.165, 1.54) is 0 Å². The maximum Gasteiger partial charge on any atom is 0.0632 e. The molecule has 4 heteroatoms. The van der Waals surface area contributed by atoms with Gasteiger partial charge in [0.15, 0.2) is 0 Å². The monoisotopic (exact) mass is 185 g/mol. The lowest BCUT2D eigenvalue weighted by atomic mass is 10.1. The van der Waals surface area contributed by atoms with E-state index in [9.17, 15) is 9.11 Å². The molecule has 0 bridgehead atoms. The minimum absolute atomic E-state index is 0.368. The predicted octanol–water partition coefficient (Wildman–Crippen LogP) is 2.03. The van der Waals surface area contributed by atoms with Crippen LogP contribution < -0.4 is 5.73 Å². The second-order valence-electron chi connectivity index (χ2n) is 3.12. The maximum atomic E-state index is 9.40. The zero-order valence-corrected chi connectivity index (χ0v) is 7.34. The Bertz CT molecular complexity index is 325. The van der Waals surface area contributed by atoms with Gasteiger partial charge in [0.2, 0.25) is 0 Å². The normalized spacial score (nSPS) is 21.8. The summed E-state index contributed by atoms with van der Waals surface area (Å²) < 4.78 is 18.8. The first kappa shape index (κ1) is 7.91. The van der Waals surface area contributed by atoms with Gasteiger partial charge >= 0.3 is 0 Å². The highest BCUT2D eigenvalue weighted by Crippen LogP contribution is 2.52. The summed E-state index contributed by atoms with van der Waals surface area (Å²) >= 11 is 0. The Kier molecular flexibility index (Phi) is 1.57. The van der Waals surface area contributed by atoms with Gasteiger partial charge in [-0.15, -0.1) is 0 Å². The highest BCUT2D eigenvalue weighted by molar-refractivity contribution is 8.23. The molecule has 1 aliphatic heterocycles. The summed E-state index contributed by atoms with van der Waals surface area (Å²) in [6.07, 6.45) is 0. The van der Waals surface area contributed by atoms with Gasteiger partial charge in [0, 0.05) is 5.69 Å². The number of fused-ring (bicyclic) bond motifs is 1. The molecular weight excluding hydrogens is 174 g/mol. The molecule has 0 saturated carbocycles. The van der Waals surface area contributed by atoms with E-state index in [0.29, 0.717) is 17.2 Å². The van der Waals surface area contributed by atoms with Crippen LogP contribution in [0.2, 0.25) is 0 Å². The zero-order chi connectivity index (χ0) is 8.77. The molecule has 1 heterocycles. The number of benzene rings is 1. The van der Waals surface area contributed by atoms with E-state index in [4.69, 9.17) is 5.73 Å². The topological polar surface area (TPSA) is 66.5 Å². The van der Waals surface area contributed by atoms with Crippen LogP contribution >= 0.6 is 10.6 Å². The fourth-order valence-electron chi connectivity index (χ4n) is 1.47. The number of hydrogen-bond acceptors (Lipinski definition) is 3. The van der Waals surface area contributed by atoms with Crippen LogP contribution in [0.15, 0.2) is 18.2 Å². The molecule has 1 aliphatic rings. The molecule has 2 rings (SSSR count). The van der Waals surface area contributed by atoms with Crippen molar-refractivity contribution in [1.29, 1.82) is 0 Å². The molecule has 66 valence electrons. The lowest BCUT2D eigenvalue weighted by Gasteiger charge is -2.25. The van der Waals surface area contributed by atoms with Crippen molar-refractivity contribution in [3.8, 4) is 0 Å². The number of hydrogen-bond donors (Lipinski definition) is 3. The zero-order valence-electron chi connectivity index (χ0n) is 6.53. The van der Waals surface area contributed by atoms with Gasteiger partial charge in [-0.3, -0.25) is 9.11 Å². The molecule has 0 unspecified atom stereocenters. The Balaban J connectivity index is 2.43. The van der Waals surface area contributed by atoms with Crippen LogP contribution in [0.3, 0.4) is 0 Å². The molecule has 0 aromatic heterocycles. The van der Waals surface area contributed by atoms with E-state index in [-0.39, 0.29) is 0 Å². The van der Waals surface area contributed by atoms with Crippen molar-refractivity contribution in [2.24, 2.45) is 0 Å². The average Bonchev–Trinajstić information content (AvgIpc) is 2.21. The van der Waals surface area contributed by atoms with E-state index in [0.717, 1.165) is 11.1 Å². The van der Waals surface area contributed by atoms with Gasteiger partial charge in [-0.1, -0.05) is 6.07 Å². The Morgan fingerprint density at radius 1 is 1.17 bits per heavy atom. The van der Waals surface area contributed by atoms with Crippen LogP contribution in [0, 0.1) is 0 Å². The second-order valence-corrected chi connectivity index (χ2v) is 5.30. The molecule has 4 N–H and O–H groups in total. The minimum atomic E-state index is -2.38. The van der Waals surface area contributed by atoms with E-state index < -0.39 is 10.6 Å². The third-order valence-corrected chi connectivity index (χ3v) is 3.55. The number of nitrogens with two attached hydrogens (primary N) is 1.